The van der Waals surface area contributed by atoms with Crippen molar-refractivity contribution in [3.8, 4) is 0 Å². The summed E-state index contributed by atoms with van der Waals surface area (Å²) in [5.74, 6) is -1.88. The van der Waals surface area contributed by atoms with Crippen molar-refractivity contribution >= 4 is 17.9 Å². The molecule has 5 N–H and O–H groups in total. The number of nitrogens with one attached hydrogen (secondary N) is 2. The van der Waals surface area contributed by atoms with Gasteiger partial charge in [-0.25, -0.2) is 4.79 Å². The zero-order valence-corrected chi connectivity index (χ0v) is 16.4. The first-order chi connectivity index (χ1) is 13.9. The molecule has 0 bridgehead atoms. The summed E-state index contributed by atoms with van der Waals surface area (Å²) in [7, 11) is 0. The van der Waals surface area contributed by atoms with E-state index < -0.39 is 30.0 Å². The van der Waals surface area contributed by atoms with Gasteiger partial charge in [0.05, 0.1) is 0 Å². The van der Waals surface area contributed by atoms with Crippen molar-refractivity contribution in [3.05, 3.63) is 71.8 Å². The third kappa shape index (κ3) is 7.29. The van der Waals surface area contributed by atoms with Gasteiger partial charge in [0.25, 0.3) is 0 Å². The number of primary amides is 1. The van der Waals surface area contributed by atoms with Crippen molar-refractivity contribution in [2.45, 2.75) is 44.2 Å². The third-order valence-electron chi connectivity index (χ3n) is 4.79. The minimum absolute atomic E-state index is 0.0720. The molecule has 2 rings (SSSR count). The SMILES string of the molecule is CC(c1ccccc1)C(NC(=O)NC(CCC(=O)O)Cc1ccccc1)C(N)=O. The van der Waals surface area contributed by atoms with Crippen molar-refractivity contribution in [2.75, 3.05) is 0 Å². The maximum Gasteiger partial charge on any atom is 0.315 e. The van der Waals surface area contributed by atoms with Gasteiger partial charge in [0, 0.05) is 18.4 Å². The average molecular weight is 397 g/mol. The molecule has 3 atom stereocenters. The summed E-state index contributed by atoms with van der Waals surface area (Å²) < 4.78 is 0. The van der Waals surface area contributed by atoms with E-state index in [0.717, 1.165) is 11.1 Å². The molecule has 0 fully saturated rings. The number of aliphatic carboxylic acids is 1. The van der Waals surface area contributed by atoms with Gasteiger partial charge < -0.3 is 21.5 Å². The monoisotopic (exact) mass is 397 g/mol. The van der Waals surface area contributed by atoms with E-state index in [1.165, 1.54) is 0 Å². The Morgan fingerprint density at radius 3 is 2.10 bits per heavy atom. The van der Waals surface area contributed by atoms with Gasteiger partial charge in [0.1, 0.15) is 6.04 Å². The first-order valence-corrected chi connectivity index (χ1v) is 9.54. The molecule has 0 aliphatic carbocycles. The fraction of sp³-hybridized carbons (Fsp3) is 0.318. The summed E-state index contributed by atoms with van der Waals surface area (Å²) >= 11 is 0. The van der Waals surface area contributed by atoms with E-state index in [1.807, 2.05) is 67.6 Å². The Kier molecular flexibility index (Phi) is 8.21. The first kappa shape index (κ1) is 21.9. The van der Waals surface area contributed by atoms with Crippen molar-refractivity contribution in [3.63, 3.8) is 0 Å². The van der Waals surface area contributed by atoms with Crippen LogP contribution in [0.1, 0.15) is 36.8 Å². The van der Waals surface area contributed by atoms with E-state index in [0.29, 0.717) is 6.42 Å². The van der Waals surface area contributed by atoms with Crippen molar-refractivity contribution in [1.82, 2.24) is 10.6 Å². The highest BCUT2D eigenvalue weighted by Crippen LogP contribution is 2.19. The van der Waals surface area contributed by atoms with Crippen LogP contribution >= 0.6 is 0 Å². The van der Waals surface area contributed by atoms with Crippen LogP contribution in [0.4, 0.5) is 4.79 Å². The predicted octanol–water partition coefficient (Wildman–Crippen LogP) is 2.42. The lowest BCUT2D eigenvalue weighted by molar-refractivity contribution is -0.137. The molecule has 0 spiro atoms. The highest BCUT2D eigenvalue weighted by Gasteiger charge is 2.27. The lowest BCUT2D eigenvalue weighted by Gasteiger charge is -2.25. The number of urea groups is 1. The van der Waals surface area contributed by atoms with E-state index in [-0.39, 0.29) is 18.8 Å². The molecular weight excluding hydrogens is 370 g/mol. The second-order valence-electron chi connectivity index (χ2n) is 7.02. The molecule has 0 aliphatic rings. The Morgan fingerprint density at radius 2 is 1.55 bits per heavy atom. The van der Waals surface area contributed by atoms with E-state index in [1.54, 1.807) is 0 Å². The maximum absolute atomic E-state index is 12.6. The van der Waals surface area contributed by atoms with Crippen LogP contribution in [0.15, 0.2) is 60.7 Å². The molecule has 2 aromatic rings. The van der Waals surface area contributed by atoms with E-state index in [2.05, 4.69) is 10.6 Å². The Bertz CT molecular complexity index is 811. The van der Waals surface area contributed by atoms with Gasteiger partial charge in [-0.3, -0.25) is 9.59 Å². The summed E-state index contributed by atoms with van der Waals surface area (Å²) in [5, 5.41) is 14.4. The zero-order chi connectivity index (χ0) is 21.2. The number of carbonyl (C=O) groups excluding carboxylic acids is 2. The molecule has 154 valence electrons. The lowest BCUT2D eigenvalue weighted by atomic mass is 9.93. The molecule has 0 aromatic heterocycles. The van der Waals surface area contributed by atoms with Crippen LogP contribution in [0.2, 0.25) is 0 Å². The van der Waals surface area contributed by atoms with Gasteiger partial charge in [-0.1, -0.05) is 67.6 Å². The number of hydrogen-bond donors (Lipinski definition) is 4. The molecule has 0 aliphatic heterocycles. The fourth-order valence-corrected chi connectivity index (χ4v) is 3.18. The third-order valence-corrected chi connectivity index (χ3v) is 4.79. The molecule has 0 saturated carbocycles. The summed E-state index contributed by atoms with van der Waals surface area (Å²) in [4.78, 5) is 35.5. The Hall–Kier alpha value is -3.35. The molecule has 0 heterocycles. The highest BCUT2D eigenvalue weighted by atomic mass is 16.4. The first-order valence-electron chi connectivity index (χ1n) is 9.54. The van der Waals surface area contributed by atoms with Crippen LogP contribution in [0.25, 0.3) is 0 Å². The number of benzene rings is 2. The number of carbonyl (C=O) groups is 3. The number of carboxylic acids is 1. The fourth-order valence-electron chi connectivity index (χ4n) is 3.18. The molecule has 3 amide bonds. The Labute approximate surface area is 170 Å². The van der Waals surface area contributed by atoms with E-state index >= 15 is 0 Å². The standard InChI is InChI=1S/C22H27N3O4/c1-15(17-10-6-3-7-11-17)20(21(23)28)25-22(29)24-18(12-13-19(26)27)14-16-8-4-2-5-9-16/h2-11,15,18,20H,12-14H2,1H3,(H2,23,28)(H,26,27)(H2,24,25,29). The Morgan fingerprint density at radius 1 is 0.966 bits per heavy atom. The largest absolute Gasteiger partial charge is 0.481 e. The number of rotatable bonds is 10. The average Bonchev–Trinajstić information content (AvgIpc) is 2.71. The number of amides is 3. The molecule has 2 aromatic carbocycles. The minimum Gasteiger partial charge on any atom is -0.481 e. The smallest absolute Gasteiger partial charge is 0.315 e. The normalized spacial score (nSPS) is 13.7. The van der Waals surface area contributed by atoms with Crippen LogP contribution in [0.5, 0.6) is 0 Å². The number of carboxylic acid groups (broad SMARTS) is 1. The van der Waals surface area contributed by atoms with Gasteiger partial charge >= 0.3 is 12.0 Å². The zero-order valence-electron chi connectivity index (χ0n) is 16.4. The molecule has 3 unspecified atom stereocenters. The molecular formula is C22H27N3O4. The van der Waals surface area contributed by atoms with Gasteiger partial charge in [0.15, 0.2) is 0 Å². The van der Waals surface area contributed by atoms with E-state index in [4.69, 9.17) is 10.8 Å². The van der Waals surface area contributed by atoms with Crippen molar-refractivity contribution in [2.24, 2.45) is 5.73 Å². The quantitative estimate of drug-likeness (QED) is 0.492. The van der Waals surface area contributed by atoms with Gasteiger partial charge in [-0.05, 0) is 24.0 Å². The van der Waals surface area contributed by atoms with Gasteiger partial charge in [-0.15, -0.1) is 0 Å². The minimum atomic E-state index is -0.932. The summed E-state index contributed by atoms with van der Waals surface area (Å²) in [6.45, 7) is 1.82. The van der Waals surface area contributed by atoms with Crippen molar-refractivity contribution in [1.29, 1.82) is 0 Å². The topological polar surface area (TPSA) is 122 Å². The molecule has 7 nitrogen and oxygen atoms in total. The predicted molar refractivity (Wildman–Crippen MR) is 110 cm³/mol. The maximum atomic E-state index is 12.6. The summed E-state index contributed by atoms with van der Waals surface area (Å²) in [5.41, 5.74) is 7.37. The molecule has 29 heavy (non-hydrogen) atoms. The highest BCUT2D eigenvalue weighted by molar-refractivity contribution is 5.87. The van der Waals surface area contributed by atoms with E-state index in [9.17, 15) is 14.4 Å². The van der Waals surface area contributed by atoms with Gasteiger partial charge in [0.2, 0.25) is 5.91 Å². The number of hydrogen-bond acceptors (Lipinski definition) is 3. The van der Waals surface area contributed by atoms with Crippen LogP contribution in [0.3, 0.4) is 0 Å². The molecule has 0 radical (unpaired) electrons. The molecule has 0 saturated heterocycles. The Balaban J connectivity index is 2.05. The van der Waals surface area contributed by atoms with Crippen LogP contribution in [-0.4, -0.2) is 35.1 Å². The summed E-state index contributed by atoms with van der Waals surface area (Å²) in [6.07, 6.45) is 0.682. The second-order valence-corrected chi connectivity index (χ2v) is 7.02. The number of nitrogens with two attached hydrogens (primary N) is 1. The van der Waals surface area contributed by atoms with Crippen LogP contribution < -0.4 is 16.4 Å². The second kappa shape index (κ2) is 10.8. The van der Waals surface area contributed by atoms with Crippen LogP contribution in [-0.2, 0) is 16.0 Å². The van der Waals surface area contributed by atoms with Crippen LogP contribution in [0, 0.1) is 0 Å². The molecule has 7 heteroatoms. The lowest BCUT2D eigenvalue weighted by Crippen LogP contribution is -2.53. The van der Waals surface area contributed by atoms with Gasteiger partial charge in [-0.2, -0.15) is 0 Å². The summed E-state index contributed by atoms with van der Waals surface area (Å²) in [6, 6.07) is 16.9. The van der Waals surface area contributed by atoms with Crippen molar-refractivity contribution < 1.29 is 19.5 Å².